The molecule has 0 bridgehead atoms. The van der Waals surface area contributed by atoms with Crippen LogP contribution in [0.4, 0.5) is 4.39 Å². The summed E-state index contributed by atoms with van der Waals surface area (Å²) in [4.78, 5) is 10.6. The fourth-order valence-electron chi connectivity index (χ4n) is 0.868. The van der Waals surface area contributed by atoms with E-state index in [0.29, 0.717) is 5.56 Å². The second-order valence-corrected chi connectivity index (χ2v) is 3.01. The number of halogens is 2. The molecule has 70 valence electrons. The molecule has 0 N–H and O–H groups in total. The van der Waals surface area contributed by atoms with Crippen LogP contribution in [0.3, 0.4) is 0 Å². The van der Waals surface area contributed by atoms with E-state index in [9.17, 15) is 9.18 Å². The predicted molar refractivity (Wildman–Crippen MR) is 47.5 cm³/mol. The Hall–Kier alpha value is -1.09. The first-order valence-electron chi connectivity index (χ1n) is 3.65. The smallest absolute Gasteiger partial charge is 0.308 e. The molecule has 0 saturated heterocycles. The van der Waals surface area contributed by atoms with Crippen LogP contribution in [0.1, 0.15) is 12.5 Å². The molecule has 0 unspecified atom stereocenters. The van der Waals surface area contributed by atoms with Crippen molar-refractivity contribution in [1.82, 2.24) is 0 Å². The maximum absolute atomic E-state index is 13.3. The van der Waals surface area contributed by atoms with Crippen LogP contribution in [0.5, 0.6) is 5.75 Å². The number of carbonyl (C=O) groups is 1. The first-order valence-corrected chi connectivity index (χ1v) is 4.03. The number of carbonyl (C=O) groups excluding carboxylic acids is 1. The van der Waals surface area contributed by atoms with E-state index in [2.05, 4.69) is 4.74 Å². The number of benzene rings is 1. The number of hydrogen-bond donors (Lipinski definition) is 0. The fraction of sp³-hybridized carbons (Fsp3) is 0.222. The second kappa shape index (κ2) is 3.75. The van der Waals surface area contributed by atoms with E-state index in [0.717, 1.165) is 0 Å². The van der Waals surface area contributed by atoms with Crippen LogP contribution in [0.2, 0.25) is 5.02 Å². The minimum absolute atomic E-state index is 0.0956. The van der Waals surface area contributed by atoms with Gasteiger partial charge in [0.2, 0.25) is 0 Å². The van der Waals surface area contributed by atoms with E-state index < -0.39 is 11.8 Å². The van der Waals surface area contributed by atoms with Gasteiger partial charge in [-0.05, 0) is 18.6 Å². The van der Waals surface area contributed by atoms with Crippen molar-refractivity contribution < 1.29 is 13.9 Å². The SMILES string of the molecule is CC(=O)Oc1c(Cl)ccc(C)c1F. The first-order chi connectivity index (χ1) is 6.02. The molecule has 0 amide bonds. The molecule has 1 rings (SSSR count). The zero-order valence-electron chi connectivity index (χ0n) is 7.23. The highest BCUT2D eigenvalue weighted by atomic mass is 35.5. The molecule has 0 aliphatic rings. The van der Waals surface area contributed by atoms with Crippen molar-refractivity contribution in [1.29, 1.82) is 0 Å². The zero-order chi connectivity index (χ0) is 10.0. The second-order valence-electron chi connectivity index (χ2n) is 2.60. The quantitative estimate of drug-likeness (QED) is 0.517. The van der Waals surface area contributed by atoms with E-state index in [1.54, 1.807) is 6.92 Å². The standard InChI is InChI=1S/C9H8ClFO2/c1-5-3-4-7(10)9(8(5)11)13-6(2)12/h3-4H,1-2H3. The molecule has 0 fully saturated rings. The minimum Gasteiger partial charge on any atom is -0.422 e. The lowest BCUT2D eigenvalue weighted by molar-refractivity contribution is -0.132. The average Bonchev–Trinajstić information content (AvgIpc) is 2.05. The van der Waals surface area contributed by atoms with E-state index in [4.69, 9.17) is 11.6 Å². The third kappa shape index (κ3) is 2.18. The van der Waals surface area contributed by atoms with Gasteiger partial charge in [-0.1, -0.05) is 17.7 Å². The van der Waals surface area contributed by atoms with Crippen LogP contribution in [-0.2, 0) is 4.79 Å². The topological polar surface area (TPSA) is 26.3 Å². The van der Waals surface area contributed by atoms with Crippen LogP contribution in [0.15, 0.2) is 12.1 Å². The lowest BCUT2D eigenvalue weighted by Crippen LogP contribution is -2.04. The van der Waals surface area contributed by atoms with Gasteiger partial charge in [0.05, 0.1) is 5.02 Å². The van der Waals surface area contributed by atoms with Crippen LogP contribution >= 0.6 is 11.6 Å². The van der Waals surface area contributed by atoms with Gasteiger partial charge in [-0.2, -0.15) is 0 Å². The number of aryl methyl sites for hydroxylation is 1. The molecule has 0 saturated carbocycles. The number of rotatable bonds is 1. The molecule has 0 aliphatic carbocycles. The zero-order valence-corrected chi connectivity index (χ0v) is 7.98. The molecule has 0 spiro atoms. The van der Waals surface area contributed by atoms with Gasteiger partial charge in [-0.15, -0.1) is 0 Å². The maximum Gasteiger partial charge on any atom is 0.308 e. The molecule has 0 radical (unpaired) electrons. The van der Waals surface area contributed by atoms with Gasteiger partial charge in [0.1, 0.15) is 0 Å². The lowest BCUT2D eigenvalue weighted by atomic mass is 10.2. The van der Waals surface area contributed by atoms with Crippen molar-refractivity contribution in [2.24, 2.45) is 0 Å². The maximum atomic E-state index is 13.3. The van der Waals surface area contributed by atoms with Crippen LogP contribution in [-0.4, -0.2) is 5.97 Å². The number of ether oxygens (including phenoxy) is 1. The van der Waals surface area contributed by atoms with Gasteiger partial charge in [0, 0.05) is 6.92 Å². The van der Waals surface area contributed by atoms with Gasteiger partial charge in [0.25, 0.3) is 0 Å². The summed E-state index contributed by atoms with van der Waals surface area (Å²) in [5, 5.41) is 0.0956. The summed E-state index contributed by atoms with van der Waals surface area (Å²) in [6, 6.07) is 3.00. The minimum atomic E-state index is -0.595. The van der Waals surface area contributed by atoms with E-state index >= 15 is 0 Å². The monoisotopic (exact) mass is 202 g/mol. The molecule has 0 aromatic heterocycles. The highest BCUT2D eigenvalue weighted by molar-refractivity contribution is 6.32. The number of hydrogen-bond acceptors (Lipinski definition) is 2. The Balaban J connectivity index is 3.17. The third-order valence-electron chi connectivity index (χ3n) is 1.49. The van der Waals surface area contributed by atoms with Crippen LogP contribution in [0, 0.1) is 12.7 Å². The largest absolute Gasteiger partial charge is 0.422 e. The van der Waals surface area contributed by atoms with Gasteiger partial charge in [0.15, 0.2) is 11.6 Å². The van der Waals surface area contributed by atoms with Crippen LogP contribution < -0.4 is 4.74 Å². The Morgan fingerprint density at radius 2 is 2.15 bits per heavy atom. The van der Waals surface area contributed by atoms with Gasteiger partial charge in [-0.25, -0.2) is 4.39 Å². The van der Waals surface area contributed by atoms with Crippen molar-refractivity contribution in [3.63, 3.8) is 0 Å². The van der Waals surface area contributed by atoms with E-state index in [1.165, 1.54) is 19.1 Å². The Labute approximate surface area is 80.3 Å². The van der Waals surface area contributed by atoms with Gasteiger partial charge in [-0.3, -0.25) is 4.79 Å². The van der Waals surface area contributed by atoms with E-state index in [-0.39, 0.29) is 10.8 Å². The van der Waals surface area contributed by atoms with Crippen molar-refractivity contribution >= 4 is 17.6 Å². The highest BCUT2D eigenvalue weighted by Crippen LogP contribution is 2.29. The fourth-order valence-corrected chi connectivity index (χ4v) is 1.05. The summed E-state index contributed by atoms with van der Waals surface area (Å²) in [5.41, 5.74) is 0.389. The summed E-state index contributed by atoms with van der Waals surface area (Å²) in [6.45, 7) is 2.76. The Kier molecular flexibility index (Phi) is 2.88. The van der Waals surface area contributed by atoms with Gasteiger partial charge < -0.3 is 4.74 Å². The van der Waals surface area contributed by atoms with Crippen molar-refractivity contribution in [2.75, 3.05) is 0 Å². The van der Waals surface area contributed by atoms with Gasteiger partial charge >= 0.3 is 5.97 Å². The summed E-state index contributed by atoms with van der Waals surface area (Å²) < 4.78 is 17.9. The predicted octanol–water partition coefficient (Wildman–Crippen LogP) is 2.71. The average molecular weight is 203 g/mol. The summed E-state index contributed by atoms with van der Waals surface area (Å²) >= 11 is 5.63. The molecule has 0 aliphatic heterocycles. The Bertz CT molecular complexity index is 350. The summed E-state index contributed by atoms with van der Waals surface area (Å²) in [5.74, 6) is -1.39. The van der Waals surface area contributed by atoms with E-state index in [1.807, 2.05) is 0 Å². The number of esters is 1. The molecule has 0 heterocycles. The molecular weight excluding hydrogens is 195 g/mol. The molecule has 2 nitrogen and oxygen atoms in total. The Morgan fingerprint density at radius 1 is 1.54 bits per heavy atom. The summed E-state index contributed by atoms with van der Waals surface area (Å²) in [6.07, 6.45) is 0. The molecule has 0 atom stereocenters. The Morgan fingerprint density at radius 3 is 2.69 bits per heavy atom. The normalized spacial score (nSPS) is 9.85. The van der Waals surface area contributed by atoms with Crippen molar-refractivity contribution in [3.8, 4) is 5.75 Å². The van der Waals surface area contributed by atoms with Crippen LogP contribution in [0.25, 0.3) is 0 Å². The molecule has 1 aromatic rings. The molecular formula is C9H8ClFO2. The van der Waals surface area contributed by atoms with Crippen molar-refractivity contribution in [2.45, 2.75) is 13.8 Å². The molecule has 4 heteroatoms. The summed E-state index contributed by atoms with van der Waals surface area (Å²) in [7, 11) is 0. The highest BCUT2D eigenvalue weighted by Gasteiger charge is 2.12. The lowest BCUT2D eigenvalue weighted by Gasteiger charge is -2.06. The first kappa shape index (κ1) is 9.99. The molecule has 13 heavy (non-hydrogen) atoms. The third-order valence-corrected chi connectivity index (χ3v) is 1.79. The van der Waals surface area contributed by atoms with Crippen molar-refractivity contribution in [3.05, 3.63) is 28.5 Å². The molecule has 1 aromatic carbocycles.